The molecule has 1 N–H and O–H groups in total. The van der Waals surface area contributed by atoms with Gasteiger partial charge >= 0.3 is 6.09 Å². The number of anilines is 1. The van der Waals surface area contributed by atoms with Crippen molar-refractivity contribution in [2.45, 2.75) is 66.4 Å². The second-order valence-corrected chi connectivity index (χ2v) is 8.16. The highest BCUT2D eigenvalue weighted by atomic mass is 16.6. The SMILES string of the molecule is CC(C)C1(C(C)(C)C)CCC(OC(=O)Nc2ccccc2)CC1. The van der Waals surface area contributed by atoms with Crippen molar-refractivity contribution in [3.05, 3.63) is 30.3 Å². The molecule has 0 heterocycles. The first-order valence-electron chi connectivity index (χ1n) is 8.77. The van der Waals surface area contributed by atoms with E-state index in [0.29, 0.717) is 11.3 Å². The van der Waals surface area contributed by atoms with Crippen molar-refractivity contribution < 1.29 is 9.53 Å². The Morgan fingerprint density at radius 3 is 2.22 bits per heavy atom. The molecule has 0 unspecified atom stereocenters. The Morgan fingerprint density at radius 2 is 1.74 bits per heavy atom. The summed E-state index contributed by atoms with van der Waals surface area (Å²) in [7, 11) is 0. The molecule has 1 aliphatic carbocycles. The Bertz CT molecular complexity index is 508. The van der Waals surface area contributed by atoms with Gasteiger partial charge in [0.2, 0.25) is 0 Å². The monoisotopic (exact) mass is 317 g/mol. The molecule has 2 rings (SSSR count). The van der Waals surface area contributed by atoms with Crippen LogP contribution in [0.25, 0.3) is 0 Å². The van der Waals surface area contributed by atoms with Crippen molar-refractivity contribution >= 4 is 11.8 Å². The lowest BCUT2D eigenvalue weighted by molar-refractivity contribution is -0.0453. The van der Waals surface area contributed by atoms with Crippen molar-refractivity contribution in [2.24, 2.45) is 16.7 Å². The number of para-hydroxylation sites is 1. The van der Waals surface area contributed by atoms with Gasteiger partial charge in [-0.15, -0.1) is 0 Å². The number of hydrogen-bond donors (Lipinski definition) is 1. The van der Waals surface area contributed by atoms with E-state index in [1.54, 1.807) is 0 Å². The molecule has 0 aliphatic heterocycles. The molecule has 0 aromatic heterocycles. The van der Waals surface area contributed by atoms with Crippen LogP contribution in [0.15, 0.2) is 30.3 Å². The fourth-order valence-corrected chi connectivity index (χ4v) is 4.24. The number of ether oxygens (including phenoxy) is 1. The Morgan fingerprint density at radius 1 is 1.17 bits per heavy atom. The van der Waals surface area contributed by atoms with Gasteiger partial charge < -0.3 is 4.74 Å². The molecule has 23 heavy (non-hydrogen) atoms. The molecule has 1 amide bonds. The molecule has 1 aliphatic rings. The van der Waals surface area contributed by atoms with Crippen LogP contribution >= 0.6 is 0 Å². The average Bonchev–Trinajstić information content (AvgIpc) is 2.47. The van der Waals surface area contributed by atoms with Gasteiger partial charge in [-0.25, -0.2) is 4.79 Å². The van der Waals surface area contributed by atoms with Crippen LogP contribution in [0.5, 0.6) is 0 Å². The van der Waals surface area contributed by atoms with E-state index >= 15 is 0 Å². The minimum atomic E-state index is -0.339. The third kappa shape index (κ3) is 4.07. The molecular weight excluding hydrogens is 286 g/mol. The largest absolute Gasteiger partial charge is 0.446 e. The number of rotatable bonds is 3. The average molecular weight is 317 g/mol. The van der Waals surface area contributed by atoms with Gasteiger partial charge in [-0.2, -0.15) is 0 Å². The smallest absolute Gasteiger partial charge is 0.411 e. The van der Waals surface area contributed by atoms with Gasteiger partial charge in [0.05, 0.1) is 0 Å². The predicted octanol–water partition coefficient (Wildman–Crippen LogP) is 5.87. The highest BCUT2D eigenvalue weighted by molar-refractivity contribution is 5.84. The van der Waals surface area contributed by atoms with Crippen molar-refractivity contribution in [2.75, 3.05) is 5.32 Å². The van der Waals surface area contributed by atoms with E-state index in [1.807, 2.05) is 30.3 Å². The summed E-state index contributed by atoms with van der Waals surface area (Å²) in [5.41, 5.74) is 1.39. The Hall–Kier alpha value is -1.51. The zero-order chi connectivity index (χ0) is 17.1. The van der Waals surface area contributed by atoms with Crippen LogP contribution in [0.4, 0.5) is 10.5 Å². The summed E-state index contributed by atoms with van der Waals surface area (Å²) < 4.78 is 5.63. The van der Waals surface area contributed by atoms with E-state index in [1.165, 1.54) is 0 Å². The van der Waals surface area contributed by atoms with Gasteiger partial charge in [0.25, 0.3) is 0 Å². The lowest BCUT2D eigenvalue weighted by Crippen LogP contribution is -2.45. The Balaban J connectivity index is 1.90. The molecule has 1 saturated carbocycles. The van der Waals surface area contributed by atoms with E-state index in [2.05, 4.69) is 39.9 Å². The molecule has 1 aromatic rings. The van der Waals surface area contributed by atoms with Crippen LogP contribution in [0.2, 0.25) is 0 Å². The molecule has 128 valence electrons. The van der Waals surface area contributed by atoms with E-state index < -0.39 is 0 Å². The zero-order valence-electron chi connectivity index (χ0n) is 15.2. The van der Waals surface area contributed by atoms with E-state index in [0.717, 1.165) is 31.4 Å². The van der Waals surface area contributed by atoms with Gasteiger partial charge in [0.15, 0.2) is 0 Å². The van der Waals surface area contributed by atoms with Gasteiger partial charge in [0, 0.05) is 5.69 Å². The fraction of sp³-hybridized carbons (Fsp3) is 0.650. The maximum Gasteiger partial charge on any atom is 0.411 e. The first-order chi connectivity index (χ1) is 10.7. The first-order valence-corrected chi connectivity index (χ1v) is 8.77. The van der Waals surface area contributed by atoms with Crippen molar-refractivity contribution in [3.63, 3.8) is 0 Å². The lowest BCUT2D eigenvalue weighted by Gasteiger charge is -2.52. The number of carbonyl (C=O) groups excluding carboxylic acids is 1. The summed E-state index contributed by atoms with van der Waals surface area (Å²) >= 11 is 0. The minimum absolute atomic E-state index is 0.0351. The fourth-order valence-electron chi connectivity index (χ4n) is 4.24. The third-order valence-corrected chi connectivity index (χ3v) is 5.72. The third-order valence-electron chi connectivity index (χ3n) is 5.72. The molecule has 3 heteroatoms. The molecule has 1 aromatic carbocycles. The van der Waals surface area contributed by atoms with Gasteiger partial charge in [-0.1, -0.05) is 52.8 Å². The highest BCUT2D eigenvalue weighted by Gasteiger charge is 2.46. The Kier molecular flexibility index (Phi) is 5.38. The quantitative estimate of drug-likeness (QED) is 0.757. The standard InChI is InChI=1S/C20H31NO2/c1-15(2)20(19(3,4)5)13-11-17(12-14-20)23-18(22)21-16-9-7-6-8-10-16/h6-10,15,17H,11-14H2,1-5H3,(H,21,22). The molecule has 0 radical (unpaired) electrons. The van der Waals surface area contributed by atoms with Crippen LogP contribution in [0.3, 0.4) is 0 Å². The minimum Gasteiger partial charge on any atom is -0.446 e. The van der Waals surface area contributed by atoms with E-state index in [9.17, 15) is 4.79 Å². The molecule has 3 nitrogen and oxygen atoms in total. The van der Waals surface area contributed by atoms with Crippen LogP contribution in [0, 0.1) is 16.7 Å². The highest BCUT2D eigenvalue weighted by Crippen LogP contribution is 2.54. The second-order valence-electron chi connectivity index (χ2n) is 8.16. The predicted molar refractivity (Wildman–Crippen MR) is 95.5 cm³/mol. The maximum atomic E-state index is 12.0. The molecule has 1 fully saturated rings. The van der Waals surface area contributed by atoms with Gasteiger partial charge in [0.1, 0.15) is 6.10 Å². The number of nitrogens with one attached hydrogen (secondary N) is 1. The maximum absolute atomic E-state index is 12.0. The molecule has 0 spiro atoms. The number of benzene rings is 1. The Labute approximate surface area is 140 Å². The first kappa shape index (κ1) is 17.8. The van der Waals surface area contributed by atoms with Crippen molar-refractivity contribution in [1.29, 1.82) is 0 Å². The summed E-state index contributed by atoms with van der Waals surface area (Å²) in [6.45, 7) is 11.7. The van der Waals surface area contributed by atoms with E-state index in [-0.39, 0.29) is 17.6 Å². The topological polar surface area (TPSA) is 38.3 Å². The molecule has 0 atom stereocenters. The van der Waals surface area contributed by atoms with Crippen LogP contribution in [0.1, 0.15) is 60.3 Å². The second kappa shape index (κ2) is 6.94. The van der Waals surface area contributed by atoms with Crippen LogP contribution in [-0.2, 0) is 4.74 Å². The van der Waals surface area contributed by atoms with Gasteiger partial charge in [-0.05, 0) is 54.6 Å². The van der Waals surface area contributed by atoms with Crippen molar-refractivity contribution in [1.82, 2.24) is 0 Å². The molecule has 0 bridgehead atoms. The number of amides is 1. The van der Waals surface area contributed by atoms with Gasteiger partial charge in [-0.3, -0.25) is 5.32 Å². The lowest BCUT2D eigenvalue weighted by atomic mass is 9.54. The van der Waals surface area contributed by atoms with Crippen molar-refractivity contribution in [3.8, 4) is 0 Å². The number of hydrogen-bond acceptors (Lipinski definition) is 2. The summed E-state index contributed by atoms with van der Waals surface area (Å²) in [6, 6.07) is 9.46. The molecular formula is C20H31NO2. The van der Waals surface area contributed by atoms with Crippen LogP contribution < -0.4 is 5.32 Å². The number of carbonyl (C=O) groups is 1. The van der Waals surface area contributed by atoms with Crippen LogP contribution in [-0.4, -0.2) is 12.2 Å². The summed E-state index contributed by atoms with van der Waals surface area (Å²) in [4.78, 5) is 12.0. The summed E-state index contributed by atoms with van der Waals surface area (Å²) in [6.07, 6.45) is 3.85. The summed E-state index contributed by atoms with van der Waals surface area (Å²) in [5.74, 6) is 0.640. The molecule has 0 saturated heterocycles. The summed E-state index contributed by atoms with van der Waals surface area (Å²) in [5, 5.41) is 2.80. The normalized spacial score (nSPS) is 25.2. The van der Waals surface area contributed by atoms with E-state index in [4.69, 9.17) is 4.74 Å². The zero-order valence-corrected chi connectivity index (χ0v) is 15.2.